The Morgan fingerprint density at radius 3 is 1.87 bits per heavy atom. The lowest BCUT2D eigenvalue weighted by Gasteiger charge is -2.09. The Hall–Kier alpha value is -3.83. The van der Waals surface area contributed by atoms with Gasteiger partial charge in [-0.1, -0.05) is 45.4 Å². The molecule has 3 aromatic carbocycles. The molecule has 198 valence electrons. The number of nitriles is 1. The van der Waals surface area contributed by atoms with Crippen molar-refractivity contribution in [3.63, 3.8) is 0 Å². The van der Waals surface area contributed by atoms with Gasteiger partial charge in [0.1, 0.15) is 28.5 Å². The van der Waals surface area contributed by atoms with Gasteiger partial charge in [0.15, 0.2) is 0 Å². The summed E-state index contributed by atoms with van der Waals surface area (Å²) in [4.78, 5) is 25.0. The van der Waals surface area contributed by atoms with Crippen molar-refractivity contribution in [2.24, 2.45) is 0 Å². The monoisotopic (exact) mass is 535 g/mol. The zero-order valence-electron chi connectivity index (χ0n) is 21.3. The number of thiocyanates is 1. The highest BCUT2D eigenvalue weighted by atomic mass is 32.2. The van der Waals surface area contributed by atoms with Crippen molar-refractivity contribution < 1.29 is 28.2 Å². The maximum Gasteiger partial charge on any atom is 0.343 e. The fourth-order valence-corrected chi connectivity index (χ4v) is 4.00. The standard InChI is InChI=1S/C30H30FNO5S/c1-2-3-4-5-6-7-8-19-35-24-13-15-25(16-14-24)36-29(33)22-9-11-23(12-10-22)30(34)37-26-17-18-28(38-21-32)27(31)20-26/h9-18,20H,2-8,19H2,1H3. The summed E-state index contributed by atoms with van der Waals surface area (Å²) in [5, 5.41) is 10.4. The van der Waals surface area contributed by atoms with Gasteiger partial charge in [-0.25, -0.2) is 14.0 Å². The second-order valence-corrected chi connectivity index (χ2v) is 9.41. The molecule has 0 N–H and O–H groups in total. The van der Waals surface area contributed by atoms with E-state index in [9.17, 15) is 14.0 Å². The minimum atomic E-state index is -0.711. The molecule has 3 rings (SSSR count). The minimum Gasteiger partial charge on any atom is -0.494 e. The Balaban J connectivity index is 1.44. The molecule has 0 saturated carbocycles. The van der Waals surface area contributed by atoms with Crippen LogP contribution in [0.1, 0.15) is 72.6 Å². The zero-order valence-corrected chi connectivity index (χ0v) is 22.1. The lowest BCUT2D eigenvalue weighted by molar-refractivity contribution is 0.0720. The Morgan fingerprint density at radius 1 is 0.763 bits per heavy atom. The lowest BCUT2D eigenvalue weighted by Crippen LogP contribution is -2.11. The summed E-state index contributed by atoms with van der Waals surface area (Å²) < 4.78 is 30.3. The summed E-state index contributed by atoms with van der Waals surface area (Å²) in [7, 11) is 0. The molecule has 0 radical (unpaired) electrons. The molecule has 0 heterocycles. The molecule has 3 aromatic rings. The number of esters is 2. The van der Waals surface area contributed by atoms with Crippen LogP contribution in [0.2, 0.25) is 0 Å². The predicted octanol–water partition coefficient (Wildman–Crippen LogP) is 7.97. The Bertz CT molecular complexity index is 1240. The smallest absolute Gasteiger partial charge is 0.343 e. The molecule has 0 fully saturated rings. The number of rotatable bonds is 14. The largest absolute Gasteiger partial charge is 0.494 e. The molecule has 0 atom stereocenters. The van der Waals surface area contributed by atoms with Gasteiger partial charge in [0.2, 0.25) is 0 Å². The molecule has 0 aromatic heterocycles. The summed E-state index contributed by atoms with van der Waals surface area (Å²) in [6.07, 6.45) is 8.54. The third kappa shape index (κ3) is 9.24. The van der Waals surface area contributed by atoms with E-state index < -0.39 is 17.8 Å². The number of nitrogens with zero attached hydrogens (tertiary/aromatic N) is 1. The van der Waals surface area contributed by atoms with Crippen molar-refractivity contribution in [2.75, 3.05) is 6.61 Å². The number of carbonyl (C=O) groups excluding carboxylic acids is 2. The van der Waals surface area contributed by atoms with Crippen molar-refractivity contribution in [3.8, 4) is 22.6 Å². The number of carbonyl (C=O) groups is 2. The van der Waals surface area contributed by atoms with E-state index in [1.54, 1.807) is 29.7 Å². The molecule has 0 aliphatic heterocycles. The predicted molar refractivity (Wildman–Crippen MR) is 144 cm³/mol. The summed E-state index contributed by atoms with van der Waals surface area (Å²) in [5.74, 6) is -0.842. The third-order valence-corrected chi connectivity index (χ3v) is 6.32. The van der Waals surface area contributed by atoms with Crippen molar-refractivity contribution in [1.29, 1.82) is 5.26 Å². The number of thioether (sulfide) groups is 1. The number of halogens is 1. The highest BCUT2D eigenvalue weighted by Crippen LogP contribution is 2.25. The molecular formula is C30H30FNO5S. The van der Waals surface area contributed by atoms with Gasteiger partial charge in [0.25, 0.3) is 0 Å². The van der Waals surface area contributed by atoms with E-state index in [4.69, 9.17) is 19.5 Å². The normalized spacial score (nSPS) is 10.4. The van der Waals surface area contributed by atoms with E-state index in [1.165, 1.54) is 68.5 Å². The average molecular weight is 536 g/mol. The van der Waals surface area contributed by atoms with Crippen molar-refractivity contribution in [3.05, 3.63) is 83.7 Å². The second-order valence-electron chi connectivity index (χ2n) is 8.58. The summed E-state index contributed by atoms with van der Waals surface area (Å²) >= 11 is 0.678. The molecule has 0 spiro atoms. The third-order valence-electron chi connectivity index (χ3n) is 5.68. The summed E-state index contributed by atoms with van der Waals surface area (Å²) in [6, 6.07) is 16.4. The molecule has 0 amide bonds. The van der Waals surface area contributed by atoms with Crippen LogP contribution in [0.5, 0.6) is 17.2 Å². The molecule has 0 bridgehead atoms. The minimum absolute atomic E-state index is 0.00751. The molecule has 0 aliphatic rings. The van der Waals surface area contributed by atoms with Crippen molar-refractivity contribution in [2.45, 2.75) is 56.8 Å². The highest BCUT2D eigenvalue weighted by molar-refractivity contribution is 8.03. The number of ether oxygens (including phenoxy) is 3. The number of hydrogen-bond acceptors (Lipinski definition) is 7. The summed E-state index contributed by atoms with van der Waals surface area (Å²) in [5.41, 5.74) is 0.435. The van der Waals surface area contributed by atoms with Crippen LogP contribution in [0.15, 0.2) is 71.6 Å². The molecule has 0 aliphatic carbocycles. The topological polar surface area (TPSA) is 85.6 Å². The van der Waals surface area contributed by atoms with Crippen LogP contribution in [0, 0.1) is 16.5 Å². The molecular weight excluding hydrogens is 505 g/mol. The van der Waals surface area contributed by atoms with Gasteiger partial charge in [-0.2, -0.15) is 5.26 Å². The Morgan fingerprint density at radius 2 is 1.29 bits per heavy atom. The summed E-state index contributed by atoms with van der Waals surface area (Å²) in [6.45, 7) is 2.87. The first-order valence-corrected chi connectivity index (χ1v) is 13.4. The van der Waals surface area contributed by atoms with Crippen LogP contribution >= 0.6 is 11.8 Å². The maximum atomic E-state index is 13.9. The van der Waals surface area contributed by atoms with E-state index in [0.29, 0.717) is 24.1 Å². The van der Waals surface area contributed by atoms with Gasteiger partial charge >= 0.3 is 11.9 Å². The van der Waals surface area contributed by atoms with Crippen molar-refractivity contribution >= 4 is 23.7 Å². The van der Waals surface area contributed by atoms with Crippen LogP contribution in [0.4, 0.5) is 4.39 Å². The fourth-order valence-electron chi connectivity index (χ4n) is 3.60. The van der Waals surface area contributed by atoms with Crippen LogP contribution in [-0.4, -0.2) is 18.5 Å². The number of unbranched alkanes of at least 4 members (excludes halogenated alkanes) is 6. The molecule has 8 heteroatoms. The molecule has 38 heavy (non-hydrogen) atoms. The second kappa shape index (κ2) is 15.4. The molecule has 0 unspecified atom stereocenters. The SMILES string of the molecule is CCCCCCCCCOc1ccc(OC(=O)c2ccc(C(=O)Oc3ccc(SC#N)c(F)c3)cc2)cc1. The number of benzene rings is 3. The van der Waals surface area contributed by atoms with Crippen LogP contribution < -0.4 is 14.2 Å². The first-order valence-electron chi connectivity index (χ1n) is 12.6. The van der Waals surface area contributed by atoms with E-state index in [-0.39, 0.29) is 21.8 Å². The van der Waals surface area contributed by atoms with Gasteiger partial charge in [-0.3, -0.25) is 0 Å². The van der Waals surface area contributed by atoms with E-state index >= 15 is 0 Å². The number of hydrogen-bond donors (Lipinski definition) is 0. The van der Waals surface area contributed by atoms with Gasteiger partial charge in [-0.05, 0) is 78.8 Å². The Labute approximate surface area is 226 Å². The van der Waals surface area contributed by atoms with Gasteiger partial charge in [0.05, 0.1) is 22.6 Å². The Kier molecular flexibility index (Phi) is 11.7. The first-order chi connectivity index (χ1) is 18.5. The highest BCUT2D eigenvalue weighted by Gasteiger charge is 2.14. The molecule has 0 saturated heterocycles. The van der Waals surface area contributed by atoms with Crippen LogP contribution in [0.3, 0.4) is 0 Å². The van der Waals surface area contributed by atoms with E-state index in [1.807, 2.05) is 0 Å². The fraction of sp³-hybridized carbons (Fsp3) is 0.300. The first kappa shape index (κ1) is 28.7. The van der Waals surface area contributed by atoms with E-state index in [2.05, 4.69) is 6.92 Å². The zero-order chi connectivity index (χ0) is 27.2. The van der Waals surface area contributed by atoms with Gasteiger partial charge in [0, 0.05) is 6.07 Å². The van der Waals surface area contributed by atoms with Gasteiger partial charge < -0.3 is 14.2 Å². The lowest BCUT2D eigenvalue weighted by atomic mass is 10.1. The molecule has 6 nitrogen and oxygen atoms in total. The van der Waals surface area contributed by atoms with Crippen molar-refractivity contribution in [1.82, 2.24) is 0 Å². The van der Waals surface area contributed by atoms with Crippen LogP contribution in [0.25, 0.3) is 0 Å². The van der Waals surface area contributed by atoms with Gasteiger partial charge in [-0.15, -0.1) is 0 Å². The van der Waals surface area contributed by atoms with E-state index in [0.717, 1.165) is 24.7 Å². The quantitative estimate of drug-likeness (QED) is 0.0680. The maximum absolute atomic E-state index is 13.9. The average Bonchev–Trinajstić information content (AvgIpc) is 2.92. The van der Waals surface area contributed by atoms with Crippen LogP contribution in [-0.2, 0) is 0 Å².